The van der Waals surface area contributed by atoms with Crippen LogP contribution in [0.5, 0.6) is 0 Å². The number of anilines is 1. The molecule has 0 bridgehead atoms. The predicted molar refractivity (Wildman–Crippen MR) is 77.7 cm³/mol. The minimum atomic E-state index is -0.457. The SMILES string of the molecule is COC(=O)c1c(NC(=O)c2snnc2C)sc(C)c1C. The zero-order chi connectivity index (χ0) is 14.9. The molecule has 20 heavy (non-hydrogen) atoms. The summed E-state index contributed by atoms with van der Waals surface area (Å²) in [5.74, 6) is -0.773. The third kappa shape index (κ3) is 2.56. The third-order valence-electron chi connectivity index (χ3n) is 2.86. The Labute approximate surface area is 123 Å². The van der Waals surface area contributed by atoms with Gasteiger partial charge in [-0.05, 0) is 37.9 Å². The van der Waals surface area contributed by atoms with E-state index >= 15 is 0 Å². The summed E-state index contributed by atoms with van der Waals surface area (Å²) in [4.78, 5) is 25.4. The second kappa shape index (κ2) is 5.68. The van der Waals surface area contributed by atoms with Crippen LogP contribution in [0.15, 0.2) is 0 Å². The van der Waals surface area contributed by atoms with Gasteiger partial charge in [-0.2, -0.15) is 0 Å². The average Bonchev–Trinajstić information content (AvgIpc) is 2.94. The summed E-state index contributed by atoms with van der Waals surface area (Å²) < 4.78 is 8.48. The highest BCUT2D eigenvalue weighted by Crippen LogP contribution is 2.33. The molecule has 2 rings (SSSR count). The van der Waals surface area contributed by atoms with Crippen molar-refractivity contribution in [1.82, 2.24) is 9.59 Å². The van der Waals surface area contributed by atoms with E-state index in [9.17, 15) is 9.59 Å². The van der Waals surface area contributed by atoms with Crippen LogP contribution in [-0.4, -0.2) is 28.6 Å². The van der Waals surface area contributed by atoms with Gasteiger partial charge < -0.3 is 10.1 Å². The molecule has 2 aromatic rings. The lowest BCUT2D eigenvalue weighted by Crippen LogP contribution is -2.14. The summed E-state index contributed by atoms with van der Waals surface area (Å²) in [6.07, 6.45) is 0. The maximum Gasteiger partial charge on any atom is 0.341 e. The Morgan fingerprint density at radius 1 is 1.25 bits per heavy atom. The molecule has 6 nitrogen and oxygen atoms in total. The number of thiophene rings is 1. The Bertz CT molecular complexity index is 676. The number of hydrogen-bond donors (Lipinski definition) is 1. The number of hydrogen-bond acceptors (Lipinski definition) is 7. The maximum atomic E-state index is 12.2. The van der Waals surface area contributed by atoms with Crippen molar-refractivity contribution in [3.05, 3.63) is 26.6 Å². The van der Waals surface area contributed by atoms with Gasteiger partial charge in [-0.15, -0.1) is 16.4 Å². The fourth-order valence-corrected chi connectivity index (χ4v) is 3.26. The van der Waals surface area contributed by atoms with E-state index in [1.165, 1.54) is 18.4 Å². The van der Waals surface area contributed by atoms with Gasteiger partial charge in [-0.3, -0.25) is 4.79 Å². The zero-order valence-electron chi connectivity index (χ0n) is 11.4. The molecule has 0 unspecified atom stereocenters. The highest BCUT2D eigenvalue weighted by atomic mass is 32.1. The molecule has 0 spiro atoms. The number of carbonyl (C=O) groups excluding carboxylic acids is 2. The van der Waals surface area contributed by atoms with E-state index in [1.807, 2.05) is 13.8 Å². The van der Waals surface area contributed by atoms with E-state index in [2.05, 4.69) is 14.9 Å². The number of carbonyl (C=O) groups is 2. The molecule has 2 heterocycles. The van der Waals surface area contributed by atoms with Crippen LogP contribution >= 0.6 is 22.9 Å². The number of aromatic nitrogens is 2. The van der Waals surface area contributed by atoms with Crippen molar-refractivity contribution < 1.29 is 14.3 Å². The lowest BCUT2D eigenvalue weighted by molar-refractivity contribution is 0.0601. The smallest absolute Gasteiger partial charge is 0.341 e. The van der Waals surface area contributed by atoms with Crippen molar-refractivity contribution in [1.29, 1.82) is 0 Å². The van der Waals surface area contributed by atoms with E-state index in [0.29, 0.717) is 21.1 Å². The summed E-state index contributed by atoms with van der Waals surface area (Å²) in [6.45, 7) is 5.43. The van der Waals surface area contributed by atoms with E-state index in [0.717, 1.165) is 22.0 Å². The summed E-state index contributed by atoms with van der Waals surface area (Å²) in [7, 11) is 1.32. The van der Waals surface area contributed by atoms with Crippen molar-refractivity contribution in [3.63, 3.8) is 0 Å². The van der Waals surface area contributed by atoms with Crippen LogP contribution in [0, 0.1) is 20.8 Å². The number of rotatable bonds is 3. The van der Waals surface area contributed by atoms with Gasteiger partial charge >= 0.3 is 5.97 Å². The lowest BCUT2D eigenvalue weighted by Gasteiger charge is -2.05. The largest absolute Gasteiger partial charge is 0.465 e. The molecule has 0 radical (unpaired) electrons. The Kier molecular flexibility index (Phi) is 4.15. The van der Waals surface area contributed by atoms with Crippen LogP contribution < -0.4 is 5.32 Å². The van der Waals surface area contributed by atoms with Crippen molar-refractivity contribution in [2.24, 2.45) is 0 Å². The second-order valence-corrected chi connectivity index (χ2v) is 6.10. The van der Waals surface area contributed by atoms with Gasteiger partial charge in [0.25, 0.3) is 5.91 Å². The van der Waals surface area contributed by atoms with Crippen molar-refractivity contribution in [3.8, 4) is 0 Å². The maximum absolute atomic E-state index is 12.2. The van der Waals surface area contributed by atoms with Crippen molar-refractivity contribution >= 4 is 39.7 Å². The molecular formula is C12H13N3O3S2. The monoisotopic (exact) mass is 311 g/mol. The molecular weight excluding hydrogens is 298 g/mol. The molecule has 2 aromatic heterocycles. The van der Waals surface area contributed by atoms with Gasteiger partial charge in [-0.1, -0.05) is 4.49 Å². The molecule has 1 amide bonds. The van der Waals surface area contributed by atoms with E-state index < -0.39 is 5.97 Å². The minimum Gasteiger partial charge on any atom is -0.465 e. The fraction of sp³-hybridized carbons (Fsp3) is 0.333. The van der Waals surface area contributed by atoms with Crippen LogP contribution in [-0.2, 0) is 4.74 Å². The van der Waals surface area contributed by atoms with Gasteiger partial charge in [0.15, 0.2) is 0 Å². The van der Waals surface area contributed by atoms with Crippen LogP contribution in [0.25, 0.3) is 0 Å². The molecule has 0 aliphatic rings. The highest BCUT2D eigenvalue weighted by molar-refractivity contribution is 7.17. The van der Waals surface area contributed by atoms with Gasteiger partial charge in [0.05, 0.1) is 18.4 Å². The molecule has 0 atom stereocenters. The quantitative estimate of drug-likeness (QED) is 0.881. The molecule has 0 saturated heterocycles. The molecule has 0 aliphatic carbocycles. The molecule has 8 heteroatoms. The number of methoxy groups -OCH3 is 1. The standard InChI is InChI=1S/C12H13N3O3S2/c1-5-7(3)19-11(8(5)12(17)18-4)13-10(16)9-6(2)14-15-20-9/h1-4H3,(H,13,16). The zero-order valence-corrected chi connectivity index (χ0v) is 13.1. The van der Waals surface area contributed by atoms with Crippen molar-refractivity contribution in [2.75, 3.05) is 12.4 Å². The Balaban J connectivity index is 2.35. The van der Waals surface area contributed by atoms with Gasteiger partial charge in [-0.25, -0.2) is 4.79 Å². The third-order valence-corrected chi connectivity index (χ3v) is 4.81. The Hall–Kier alpha value is -1.80. The van der Waals surface area contributed by atoms with Crippen LogP contribution in [0.3, 0.4) is 0 Å². The molecule has 106 valence electrons. The Morgan fingerprint density at radius 2 is 1.95 bits per heavy atom. The number of ether oxygens (including phenoxy) is 1. The molecule has 0 aliphatic heterocycles. The van der Waals surface area contributed by atoms with E-state index in [-0.39, 0.29) is 5.91 Å². The first-order valence-electron chi connectivity index (χ1n) is 5.74. The van der Waals surface area contributed by atoms with Crippen LogP contribution in [0.1, 0.15) is 36.2 Å². The topological polar surface area (TPSA) is 81.2 Å². The van der Waals surface area contributed by atoms with Gasteiger partial charge in [0, 0.05) is 4.88 Å². The molecule has 1 N–H and O–H groups in total. The lowest BCUT2D eigenvalue weighted by atomic mass is 10.1. The summed E-state index contributed by atoms with van der Waals surface area (Å²) in [5.41, 5.74) is 1.78. The molecule has 0 fully saturated rings. The first-order valence-corrected chi connectivity index (χ1v) is 7.33. The van der Waals surface area contributed by atoms with Gasteiger partial charge in [0.1, 0.15) is 9.88 Å². The van der Waals surface area contributed by atoms with Crippen LogP contribution in [0.4, 0.5) is 5.00 Å². The second-order valence-electron chi connectivity index (χ2n) is 4.12. The number of nitrogens with one attached hydrogen (secondary N) is 1. The number of amides is 1. The van der Waals surface area contributed by atoms with Crippen molar-refractivity contribution in [2.45, 2.75) is 20.8 Å². The Morgan fingerprint density at radius 3 is 2.50 bits per heavy atom. The predicted octanol–water partition coefficient (Wildman–Crippen LogP) is 2.56. The first kappa shape index (κ1) is 14.6. The first-order chi connectivity index (χ1) is 9.45. The average molecular weight is 311 g/mol. The summed E-state index contributed by atoms with van der Waals surface area (Å²) in [5, 5.41) is 7.03. The van der Waals surface area contributed by atoms with E-state index in [4.69, 9.17) is 4.74 Å². The summed E-state index contributed by atoms with van der Waals surface area (Å²) >= 11 is 2.37. The number of aryl methyl sites for hydroxylation is 2. The number of esters is 1. The van der Waals surface area contributed by atoms with Crippen LogP contribution in [0.2, 0.25) is 0 Å². The highest BCUT2D eigenvalue weighted by Gasteiger charge is 2.23. The van der Waals surface area contributed by atoms with Gasteiger partial charge in [0.2, 0.25) is 0 Å². The molecule has 0 saturated carbocycles. The minimum absolute atomic E-state index is 0.316. The summed E-state index contributed by atoms with van der Waals surface area (Å²) in [6, 6.07) is 0. The van der Waals surface area contributed by atoms with E-state index in [1.54, 1.807) is 6.92 Å². The normalized spacial score (nSPS) is 10.4. The number of nitrogens with zero attached hydrogens (tertiary/aromatic N) is 2. The fourth-order valence-electron chi connectivity index (χ4n) is 1.66. The molecule has 0 aromatic carbocycles.